The SMILES string of the molecule is CCOc1cc(CNC(=O)CN=C2NS(=O)(=O)C(c3ccc(C)c(C)c3)=C2C)ccc1OC. The molecule has 2 N–H and O–H groups in total. The summed E-state index contributed by atoms with van der Waals surface area (Å²) in [4.78, 5) is 16.7. The first-order valence-electron chi connectivity index (χ1n) is 10.6. The summed E-state index contributed by atoms with van der Waals surface area (Å²) < 4.78 is 38.7. The van der Waals surface area contributed by atoms with E-state index in [0.29, 0.717) is 29.2 Å². The van der Waals surface area contributed by atoms with Crippen LogP contribution in [0.1, 0.15) is 36.1 Å². The summed E-state index contributed by atoms with van der Waals surface area (Å²) in [5.41, 5.74) is 4.01. The highest BCUT2D eigenvalue weighted by Crippen LogP contribution is 2.31. The molecule has 0 spiro atoms. The van der Waals surface area contributed by atoms with Gasteiger partial charge in [-0.25, -0.2) is 8.42 Å². The first kappa shape index (κ1) is 24.3. The molecule has 0 saturated carbocycles. The van der Waals surface area contributed by atoms with E-state index in [2.05, 4.69) is 15.0 Å². The van der Waals surface area contributed by atoms with Gasteiger partial charge >= 0.3 is 0 Å². The van der Waals surface area contributed by atoms with E-state index in [1.165, 1.54) is 0 Å². The van der Waals surface area contributed by atoms with E-state index in [1.807, 2.05) is 45.0 Å². The number of hydrogen-bond donors (Lipinski definition) is 2. The number of carbonyl (C=O) groups is 1. The largest absolute Gasteiger partial charge is 0.493 e. The van der Waals surface area contributed by atoms with E-state index >= 15 is 0 Å². The van der Waals surface area contributed by atoms with Crippen molar-refractivity contribution in [3.05, 3.63) is 64.2 Å². The van der Waals surface area contributed by atoms with Crippen LogP contribution in [-0.2, 0) is 21.4 Å². The minimum absolute atomic E-state index is 0.182. The van der Waals surface area contributed by atoms with Crippen LogP contribution in [0.15, 0.2) is 47.0 Å². The quantitative estimate of drug-likeness (QED) is 0.615. The lowest BCUT2D eigenvalue weighted by atomic mass is 10.0. The molecule has 1 amide bonds. The number of hydrogen-bond acceptors (Lipinski definition) is 6. The van der Waals surface area contributed by atoms with Crippen molar-refractivity contribution < 1.29 is 22.7 Å². The first-order chi connectivity index (χ1) is 15.7. The maximum absolute atomic E-state index is 12.7. The van der Waals surface area contributed by atoms with Crippen molar-refractivity contribution in [3.8, 4) is 11.5 Å². The number of nitrogens with one attached hydrogen (secondary N) is 2. The molecule has 2 aromatic rings. The van der Waals surface area contributed by atoms with E-state index in [4.69, 9.17) is 9.47 Å². The monoisotopic (exact) mass is 471 g/mol. The van der Waals surface area contributed by atoms with E-state index in [1.54, 1.807) is 26.2 Å². The van der Waals surface area contributed by atoms with Gasteiger partial charge in [-0.1, -0.05) is 24.3 Å². The molecule has 9 heteroatoms. The standard InChI is InChI=1S/C24H29N3O5S/c1-6-32-21-12-18(8-10-20(21)31-5)13-25-22(28)14-26-24-17(4)23(33(29,30)27-24)19-9-7-15(2)16(3)11-19/h7-12H,6,13-14H2,1-5H3,(H,25,28)(H,26,27). The Morgan fingerprint density at radius 2 is 1.82 bits per heavy atom. The Morgan fingerprint density at radius 1 is 1.06 bits per heavy atom. The summed E-state index contributed by atoms with van der Waals surface area (Å²) in [6, 6.07) is 10.9. The number of carbonyl (C=O) groups excluding carboxylic acids is 1. The Bertz CT molecular complexity index is 1230. The molecule has 176 valence electrons. The molecule has 1 aliphatic rings. The topological polar surface area (TPSA) is 106 Å². The molecule has 0 saturated heterocycles. The highest BCUT2D eigenvalue weighted by molar-refractivity contribution is 8.00. The number of methoxy groups -OCH3 is 1. The zero-order valence-electron chi connectivity index (χ0n) is 19.5. The van der Waals surface area contributed by atoms with Crippen LogP contribution in [0.2, 0.25) is 0 Å². The molecular formula is C24H29N3O5S. The van der Waals surface area contributed by atoms with Crippen molar-refractivity contribution in [2.24, 2.45) is 4.99 Å². The number of aryl methyl sites for hydroxylation is 2. The Labute approximate surface area is 194 Å². The van der Waals surface area contributed by atoms with Crippen LogP contribution < -0.4 is 19.5 Å². The fraction of sp³-hybridized carbons (Fsp3) is 0.333. The van der Waals surface area contributed by atoms with Crippen LogP contribution in [0.5, 0.6) is 11.5 Å². The zero-order valence-corrected chi connectivity index (χ0v) is 20.3. The molecule has 0 atom stereocenters. The number of sulfonamides is 1. The van der Waals surface area contributed by atoms with Crippen LogP contribution in [0, 0.1) is 13.8 Å². The van der Waals surface area contributed by atoms with Gasteiger partial charge in [-0.05, 0) is 62.1 Å². The molecule has 2 aromatic carbocycles. The number of aliphatic imine (C=N–C) groups is 1. The van der Waals surface area contributed by atoms with E-state index in [0.717, 1.165) is 16.7 Å². The first-order valence-corrected chi connectivity index (χ1v) is 12.1. The summed E-state index contributed by atoms with van der Waals surface area (Å²) in [5, 5.41) is 2.79. The van der Waals surface area contributed by atoms with Crippen molar-refractivity contribution in [1.29, 1.82) is 0 Å². The van der Waals surface area contributed by atoms with E-state index in [-0.39, 0.29) is 29.7 Å². The molecule has 0 bridgehead atoms. The average molecular weight is 472 g/mol. The lowest BCUT2D eigenvalue weighted by Crippen LogP contribution is -2.28. The number of amidine groups is 1. The van der Waals surface area contributed by atoms with Gasteiger partial charge in [0, 0.05) is 12.1 Å². The summed E-state index contributed by atoms with van der Waals surface area (Å²) in [7, 11) is -2.18. The van der Waals surface area contributed by atoms with Gasteiger partial charge < -0.3 is 14.8 Å². The third-order valence-corrected chi connectivity index (χ3v) is 6.90. The Hall–Kier alpha value is -3.33. The molecule has 1 heterocycles. The number of ether oxygens (including phenoxy) is 2. The normalized spacial score (nSPS) is 16.0. The average Bonchev–Trinajstić information content (AvgIpc) is 3.01. The molecule has 8 nitrogen and oxygen atoms in total. The van der Waals surface area contributed by atoms with E-state index < -0.39 is 10.0 Å². The molecule has 33 heavy (non-hydrogen) atoms. The minimum atomic E-state index is -3.75. The summed E-state index contributed by atoms with van der Waals surface area (Å²) in [6.45, 7) is 8.04. The third-order valence-electron chi connectivity index (χ3n) is 5.36. The lowest BCUT2D eigenvalue weighted by molar-refractivity contribution is -0.119. The Kier molecular flexibility index (Phi) is 7.43. The van der Waals surface area contributed by atoms with E-state index in [9.17, 15) is 13.2 Å². The van der Waals surface area contributed by atoms with Crippen molar-refractivity contribution in [1.82, 2.24) is 10.0 Å². The third kappa shape index (κ3) is 5.54. The van der Waals surface area contributed by atoms with Crippen molar-refractivity contribution in [3.63, 3.8) is 0 Å². The second-order valence-corrected chi connectivity index (χ2v) is 9.34. The highest BCUT2D eigenvalue weighted by atomic mass is 32.2. The number of benzene rings is 2. The second-order valence-electron chi connectivity index (χ2n) is 7.72. The van der Waals surface area contributed by atoms with Crippen LogP contribution in [0.25, 0.3) is 4.91 Å². The fourth-order valence-electron chi connectivity index (χ4n) is 3.48. The van der Waals surface area contributed by atoms with Crippen molar-refractivity contribution in [2.45, 2.75) is 34.2 Å². The van der Waals surface area contributed by atoms with Gasteiger partial charge in [-0.15, -0.1) is 0 Å². The smallest absolute Gasteiger partial charge is 0.264 e. The number of nitrogens with zero attached hydrogens (tertiary/aromatic N) is 1. The van der Waals surface area contributed by atoms with Crippen molar-refractivity contribution >= 4 is 26.7 Å². The Morgan fingerprint density at radius 3 is 2.48 bits per heavy atom. The summed E-state index contributed by atoms with van der Waals surface area (Å²) >= 11 is 0. The minimum Gasteiger partial charge on any atom is -0.493 e. The molecule has 0 fully saturated rings. The van der Waals surface area contributed by atoms with Crippen molar-refractivity contribution in [2.75, 3.05) is 20.3 Å². The van der Waals surface area contributed by atoms with Gasteiger partial charge in [-0.2, -0.15) is 0 Å². The predicted molar refractivity (Wildman–Crippen MR) is 129 cm³/mol. The summed E-state index contributed by atoms with van der Waals surface area (Å²) in [5.74, 6) is 1.07. The number of rotatable bonds is 8. The molecule has 0 aromatic heterocycles. The predicted octanol–water partition coefficient (Wildman–Crippen LogP) is 3.09. The molecule has 0 unspecified atom stereocenters. The highest BCUT2D eigenvalue weighted by Gasteiger charge is 2.32. The van der Waals surface area contributed by atoms with Gasteiger partial charge in [0.15, 0.2) is 11.5 Å². The Balaban J connectivity index is 1.70. The lowest BCUT2D eigenvalue weighted by Gasteiger charge is -2.11. The van der Waals surface area contributed by atoms with Crippen LogP contribution in [-0.4, -0.2) is 40.4 Å². The molecule has 0 aliphatic carbocycles. The van der Waals surface area contributed by atoms with Crippen LogP contribution in [0.3, 0.4) is 0 Å². The van der Waals surface area contributed by atoms with Crippen LogP contribution in [0.4, 0.5) is 0 Å². The van der Waals surface area contributed by atoms with Gasteiger partial charge in [-0.3, -0.25) is 14.5 Å². The second kappa shape index (κ2) is 10.1. The number of amides is 1. The fourth-order valence-corrected chi connectivity index (χ4v) is 4.99. The van der Waals surface area contributed by atoms with Crippen LogP contribution >= 0.6 is 0 Å². The van der Waals surface area contributed by atoms with Gasteiger partial charge in [0.25, 0.3) is 10.0 Å². The molecular weight excluding hydrogens is 442 g/mol. The van der Waals surface area contributed by atoms with Gasteiger partial charge in [0.05, 0.1) is 13.7 Å². The molecule has 0 radical (unpaired) electrons. The van der Waals surface area contributed by atoms with Gasteiger partial charge in [0.2, 0.25) is 5.91 Å². The summed E-state index contributed by atoms with van der Waals surface area (Å²) in [6.07, 6.45) is 0. The molecule has 1 aliphatic heterocycles. The molecule has 3 rings (SSSR count). The zero-order chi connectivity index (χ0) is 24.2. The van der Waals surface area contributed by atoms with Gasteiger partial charge in [0.1, 0.15) is 17.3 Å². The maximum atomic E-state index is 12.7. The maximum Gasteiger partial charge on any atom is 0.264 e.